The maximum absolute atomic E-state index is 10.7. The number of benzene rings is 1. The molecule has 2 fully saturated rings. The zero-order valence-electron chi connectivity index (χ0n) is 11.4. The highest BCUT2D eigenvalue weighted by molar-refractivity contribution is 9.11. The number of hydrogen-bond donors (Lipinski definition) is 1. The number of halogens is 2. The van der Waals surface area contributed by atoms with E-state index in [0.717, 1.165) is 34.0 Å². The fourth-order valence-electron chi connectivity index (χ4n) is 3.72. The molecule has 3 rings (SSSR count). The average molecular weight is 404 g/mol. The number of ether oxygens (including phenoxy) is 1. The van der Waals surface area contributed by atoms with Gasteiger partial charge in [0.2, 0.25) is 0 Å². The van der Waals surface area contributed by atoms with Crippen molar-refractivity contribution in [1.82, 2.24) is 0 Å². The minimum atomic E-state index is -0.398. The topological polar surface area (TPSA) is 29.5 Å². The Morgan fingerprint density at radius 2 is 1.80 bits per heavy atom. The van der Waals surface area contributed by atoms with Crippen LogP contribution in [0.2, 0.25) is 0 Å². The molecule has 1 aliphatic heterocycles. The molecule has 2 aliphatic rings. The SMILES string of the molecule is OC(c1cc(Br)cc(Br)c1)C1CCOC2(CCCC2)C1. The quantitative estimate of drug-likeness (QED) is 0.753. The predicted octanol–water partition coefficient (Wildman–Crippen LogP) is 4.98. The molecule has 1 spiro atoms. The summed E-state index contributed by atoms with van der Waals surface area (Å²) in [6.45, 7) is 0.789. The van der Waals surface area contributed by atoms with E-state index in [-0.39, 0.29) is 5.60 Å². The Bertz CT molecular complexity index is 463. The first-order valence-electron chi connectivity index (χ1n) is 7.36. The van der Waals surface area contributed by atoms with Crippen LogP contribution in [0.3, 0.4) is 0 Å². The van der Waals surface area contributed by atoms with E-state index in [4.69, 9.17) is 4.74 Å². The maximum atomic E-state index is 10.7. The molecule has 1 saturated carbocycles. The van der Waals surface area contributed by atoms with Crippen molar-refractivity contribution < 1.29 is 9.84 Å². The van der Waals surface area contributed by atoms with E-state index in [0.29, 0.717) is 5.92 Å². The van der Waals surface area contributed by atoms with Crippen LogP contribution in [0.4, 0.5) is 0 Å². The van der Waals surface area contributed by atoms with E-state index in [1.165, 1.54) is 25.7 Å². The molecule has 0 amide bonds. The third-order valence-electron chi connectivity index (χ3n) is 4.72. The molecule has 2 atom stereocenters. The lowest BCUT2D eigenvalue weighted by Crippen LogP contribution is -2.39. The summed E-state index contributed by atoms with van der Waals surface area (Å²) in [5.74, 6) is 0.308. The Hall–Kier alpha value is 0.1000. The largest absolute Gasteiger partial charge is 0.388 e. The van der Waals surface area contributed by atoms with Gasteiger partial charge < -0.3 is 9.84 Å². The molecule has 20 heavy (non-hydrogen) atoms. The highest BCUT2D eigenvalue weighted by Gasteiger charge is 2.41. The first-order chi connectivity index (χ1) is 9.58. The van der Waals surface area contributed by atoms with E-state index >= 15 is 0 Å². The van der Waals surface area contributed by atoms with Crippen molar-refractivity contribution in [3.05, 3.63) is 32.7 Å². The second-order valence-electron chi connectivity index (χ2n) is 6.14. The Kier molecular flexibility index (Phi) is 4.56. The smallest absolute Gasteiger partial charge is 0.0820 e. The molecule has 2 nitrogen and oxygen atoms in total. The van der Waals surface area contributed by atoms with E-state index < -0.39 is 6.10 Å². The highest BCUT2D eigenvalue weighted by atomic mass is 79.9. The molecule has 1 aliphatic carbocycles. The molecule has 0 bridgehead atoms. The van der Waals surface area contributed by atoms with Crippen LogP contribution in [-0.2, 0) is 4.74 Å². The van der Waals surface area contributed by atoms with Crippen LogP contribution in [0.25, 0.3) is 0 Å². The zero-order valence-corrected chi connectivity index (χ0v) is 14.6. The van der Waals surface area contributed by atoms with Crippen LogP contribution in [0.5, 0.6) is 0 Å². The van der Waals surface area contributed by atoms with Gasteiger partial charge in [0.15, 0.2) is 0 Å². The molecule has 0 radical (unpaired) electrons. The van der Waals surface area contributed by atoms with Gasteiger partial charge in [-0.15, -0.1) is 0 Å². The Balaban J connectivity index is 1.77. The van der Waals surface area contributed by atoms with Gasteiger partial charge in [0.05, 0.1) is 11.7 Å². The van der Waals surface area contributed by atoms with Crippen molar-refractivity contribution in [2.45, 2.75) is 50.2 Å². The monoisotopic (exact) mass is 402 g/mol. The van der Waals surface area contributed by atoms with Gasteiger partial charge in [-0.1, -0.05) is 44.7 Å². The lowest BCUT2D eigenvalue weighted by atomic mass is 9.80. The normalized spacial score (nSPS) is 26.9. The standard InChI is InChI=1S/C16H20Br2O2/c17-13-7-12(8-14(18)9-13)15(19)11-3-6-20-16(10-11)4-1-2-5-16/h7-9,11,15,19H,1-6,10H2. The van der Waals surface area contributed by atoms with E-state index in [1.54, 1.807) is 0 Å². The molecule has 0 aromatic heterocycles. The molecule has 4 heteroatoms. The molecule has 110 valence electrons. The lowest BCUT2D eigenvalue weighted by molar-refractivity contribution is -0.113. The molecule has 1 aromatic carbocycles. The Morgan fingerprint density at radius 1 is 1.15 bits per heavy atom. The van der Waals surface area contributed by atoms with E-state index in [9.17, 15) is 5.11 Å². The molecule has 1 saturated heterocycles. The summed E-state index contributed by atoms with van der Waals surface area (Å²) in [7, 11) is 0. The third-order valence-corrected chi connectivity index (χ3v) is 5.63. The number of rotatable bonds is 2. The van der Waals surface area contributed by atoms with Crippen LogP contribution in [-0.4, -0.2) is 17.3 Å². The first kappa shape index (κ1) is 15.0. The average Bonchev–Trinajstić information content (AvgIpc) is 2.85. The fourth-order valence-corrected chi connectivity index (χ4v) is 5.05. The summed E-state index contributed by atoms with van der Waals surface area (Å²) < 4.78 is 8.07. The molecule has 1 heterocycles. The van der Waals surface area contributed by atoms with E-state index in [1.807, 2.05) is 18.2 Å². The van der Waals surface area contributed by atoms with Gasteiger partial charge in [0, 0.05) is 15.6 Å². The minimum absolute atomic E-state index is 0.0626. The van der Waals surface area contributed by atoms with E-state index in [2.05, 4.69) is 31.9 Å². The molecule has 1 aromatic rings. The van der Waals surface area contributed by atoms with Gasteiger partial charge in [-0.2, -0.15) is 0 Å². The summed E-state index contributed by atoms with van der Waals surface area (Å²) in [5.41, 5.74) is 1.05. The summed E-state index contributed by atoms with van der Waals surface area (Å²) >= 11 is 7.00. The third kappa shape index (κ3) is 3.13. The number of aliphatic hydroxyl groups is 1. The van der Waals surface area contributed by atoms with Crippen LogP contribution in [0, 0.1) is 5.92 Å². The predicted molar refractivity (Wildman–Crippen MR) is 86.7 cm³/mol. The van der Waals surface area contributed by atoms with Gasteiger partial charge in [-0.3, -0.25) is 0 Å². The van der Waals surface area contributed by atoms with Crippen molar-refractivity contribution >= 4 is 31.9 Å². The highest BCUT2D eigenvalue weighted by Crippen LogP contribution is 2.45. The second kappa shape index (κ2) is 6.07. The van der Waals surface area contributed by atoms with Gasteiger partial charge in [-0.25, -0.2) is 0 Å². The summed E-state index contributed by atoms with van der Waals surface area (Å²) in [4.78, 5) is 0. The van der Waals surface area contributed by atoms with Crippen molar-refractivity contribution in [2.24, 2.45) is 5.92 Å². The summed E-state index contributed by atoms with van der Waals surface area (Å²) in [6, 6.07) is 6.04. The molecule has 2 unspecified atom stereocenters. The van der Waals surface area contributed by atoms with Crippen molar-refractivity contribution in [3.63, 3.8) is 0 Å². The maximum Gasteiger partial charge on any atom is 0.0820 e. The minimum Gasteiger partial charge on any atom is -0.388 e. The van der Waals surface area contributed by atoms with Gasteiger partial charge in [0.25, 0.3) is 0 Å². The van der Waals surface area contributed by atoms with Crippen LogP contribution in [0.1, 0.15) is 50.2 Å². The molecular weight excluding hydrogens is 384 g/mol. The van der Waals surface area contributed by atoms with Crippen molar-refractivity contribution in [2.75, 3.05) is 6.61 Å². The number of hydrogen-bond acceptors (Lipinski definition) is 2. The first-order valence-corrected chi connectivity index (χ1v) is 8.95. The lowest BCUT2D eigenvalue weighted by Gasteiger charge is -2.40. The van der Waals surface area contributed by atoms with Gasteiger partial charge in [0.1, 0.15) is 0 Å². The van der Waals surface area contributed by atoms with Crippen LogP contribution >= 0.6 is 31.9 Å². The summed E-state index contributed by atoms with van der Waals surface area (Å²) in [5, 5.41) is 10.7. The van der Waals surface area contributed by atoms with Crippen molar-refractivity contribution in [3.8, 4) is 0 Å². The molecular formula is C16H20Br2O2. The van der Waals surface area contributed by atoms with Crippen molar-refractivity contribution in [1.29, 1.82) is 0 Å². The Morgan fingerprint density at radius 3 is 2.45 bits per heavy atom. The van der Waals surface area contributed by atoms with Gasteiger partial charge in [-0.05, 0) is 55.4 Å². The Labute approximate surface area is 137 Å². The van der Waals surface area contributed by atoms with Crippen LogP contribution < -0.4 is 0 Å². The van der Waals surface area contributed by atoms with Crippen LogP contribution in [0.15, 0.2) is 27.1 Å². The van der Waals surface area contributed by atoms with Gasteiger partial charge >= 0.3 is 0 Å². The number of aliphatic hydroxyl groups excluding tert-OH is 1. The molecule has 1 N–H and O–H groups in total. The summed E-state index contributed by atoms with van der Waals surface area (Å²) in [6.07, 6.45) is 6.42. The zero-order chi connectivity index (χ0) is 14.2. The fraction of sp³-hybridized carbons (Fsp3) is 0.625. The second-order valence-corrected chi connectivity index (χ2v) is 7.97.